The molecule has 0 bridgehead atoms. The van der Waals surface area contributed by atoms with Gasteiger partial charge in [0, 0.05) is 13.0 Å². The van der Waals surface area contributed by atoms with Crippen molar-refractivity contribution in [1.82, 2.24) is 14.7 Å². The number of nitrogens with zero attached hydrogens (tertiary/aromatic N) is 4. The van der Waals surface area contributed by atoms with Gasteiger partial charge in [0.1, 0.15) is 5.60 Å². The summed E-state index contributed by atoms with van der Waals surface area (Å²) in [6.07, 6.45) is 3.56. The molecule has 2 aromatic rings. The standard InChI is InChI=1S/C25H30N4O5/c1-25(2,3)34-24(31)28-13-12-19-22(20(28)14-26)23(33-15-21(30)32-4)27-29(19)18-10-8-17(9-11-18)16-6-5-7-16/h8-11,16,20H,5-7,12-13,15H2,1-4H3. The van der Waals surface area contributed by atoms with Gasteiger partial charge in [-0.15, -0.1) is 5.10 Å². The molecule has 9 heteroatoms. The van der Waals surface area contributed by atoms with Gasteiger partial charge in [-0.3, -0.25) is 4.90 Å². The molecular formula is C25H30N4O5. The number of carbonyl (C=O) groups is 2. The summed E-state index contributed by atoms with van der Waals surface area (Å²) >= 11 is 0. The van der Waals surface area contributed by atoms with E-state index >= 15 is 0 Å². The van der Waals surface area contributed by atoms with E-state index in [1.54, 1.807) is 25.5 Å². The number of esters is 1. The van der Waals surface area contributed by atoms with Crippen LogP contribution in [0.5, 0.6) is 5.88 Å². The van der Waals surface area contributed by atoms with Crippen LogP contribution in [-0.4, -0.2) is 52.6 Å². The molecule has 180 valence electrons. The first-order valence-corrected chi connectivity index (χ1v) is 11.5. The third-order valence-corrected chi connectivity index (χ3v) is 6.18. The highest BCUT2D eigenvalue weighted by Gasteiger charge is 2.39. The van der Waals surface area contributed by atoms with Gasteiger partial charge < -0.3 is 14.2 Å². The minimum Gasteiger partial charge on any atom is -0.466 e. The van der Waals surface area contributed by atoms with Crippen LogP contribution in [0.3, 0.4) is 0 Å². The highest BCUT2D eigenvalue weighted by Crippen LogP contribution is 2.39. The molecule has 0 saturated heterocycles. The molecule has 1 amide bonds. The fourth-order valence-corrected chi connectivity index (χ4v) is 4.26. The van der Waals surface area contributed by atoms with Crippen molar-refractivity contribution in [3.63, 3.8) is 0 Å². The molecule has 2 heterocycles. The molecule has 1 atom stereocenters. The van der Waals surface area contributed by atoms with Gasteiger partial charge in [-0.05, 0) is 57.2 Å². The first kappa shape index (κ1) is 23.6. The average molecular weight is 467 g/mol. The number of aromatic nitrogens is 2. The van der Waals surface area contributed by atoms with Gasteiger partial charge in [-0.1, -0.05) is 18.6 Å². The number of methoxy groups -OCH3 is 1. The van der Waals surface area contributed by atoms with E-state index in [9.17, 15) is 14.9 Å². The molecule has 1 saturated carbocycles. The molecule has 1 fully saturated rings. The van der Waals surface area contributed by atoms with Gasteiger partial charge in [0.05, 0.1) is 30.1 Å². The number of nitriles is 1. The molecule has 0 N–H and O–H groups in total. The van der Waals surface area contributed by atoms with Crippen molar-refractivity contribution in [2.45, 2.75) is 64.0 Å². The quantitative estimate of drug-likeness (QED) is 0.612. The summed E-state index contributed by atoms with van der Waals surface area (Å²) in [6, 6.07) is 9.47. The van der Waals surface area contributed by atoms with Crippen molar-refractivity contribution >= 4 is 12.1 Å². The molecule has 2 aliphatic rings. The van der Waals surface area contributed by atoms with Crippen LogP contribution in [-0.2, 0) is 20.7 Å². The van der Waals surface area contributed by atoms with Crippen molar-refractivity contribution in [2.24, 2.45) is 0 Å². The summed E-state index contributed by atoms with van der Waals surface area (Å²) in [5.41, 5.74) is 2.67. The second kappa shape index (κ2) is 9.37. The van der Waals surface area contributed by atoms with E-state index in [2.05, 4.69) is 28.0 Å². The van der Waals surface area contributed by atoms with Crippen LogP contribution in [0.25, 0.3) is 5.69 Å². The maximum atomic E-state index is 12.8. The summed E-state index contributed by atoms with van der Waals surface area (Å²) in [5.74, 6) is 0.176. The van der Waals surface area contributed by atoms with Crippen LogP contribution >= 0.6 is 0 Å². The van der Waals surface area contributed by atoms with E-state index in [-0.39, 0.29) is 12.5 Å². The highest BCUT2D eigenvalue weighted by atomic mass is 16.6. The van der Waals surface area contributed by atoms with Crippen LogP contribution in [0.2, 0.25) is 0 Å². The Kier molecular flexibility index (Phi) is 6.51. The summed E-state index contributed by atoms with van der Waals surface area (Å²) in [7, 11) is 1.27. The SMILES string of the molecule is COC(=O)COc1nn(-c2ccc(C3CCC3)cc2)c2c1C(C#N)N(C(=O)OC(C)(C)C)CC2. The van der Waals surface area contributed by atoms with Gasteiger partial charge in [0.15, 0.2) is 12.6 Å². The molecule has 0 radical (unpaired) electrons. The topological polar surface area (TPSA) is 107 Å². The summed E-state index contributed by atoms with van der Waals surface area (Å²) in [5, 5.41) is 14.6. The zero-order valence-electron chi connectivity index (χ0n) is 20.0. The third kappa shape index (κ3) is 4.72. The van der Waals surface area contributed by atoms with E-state index < -0.39 is 23.7 Å². The lowest BCUT2D eigenvalue weighted by Crippen LogP contribution is -2.42. The van der Waals surface area contributed by atoms with Crippen LogP contribution in [0, 0.1) is 11.3 Å². The number of benzene rings is 1. The molecule has 0 spiro atoms. The van der Waals surface area contributed by atoms with Crippen LogP contribution in [0.15, 0.2) is 24.3 Å². The lowest BCUT2D eigenvalue weighted by molar-refractivity contribution is -0.143. The Hall–Kier alpha value is -3.54. The number of fused-ring (bicyclic) bond motifs is 1. The second-order valence-electron chi connectivity index (χ2n) is 9.62. The van der Waals surface area contributed by atoms with E-state index in [1.807, 2.05) is 12.1 Å². The van der Waals surface area contributed by atoms with E-state index in [0.717, 1.165) is 11.4 Å². The largest absolute Gasteiger partial charge is 0.466 e. The number of amides is 1. The summed E-state index contributed by atoms with van der Waals surface area (Å²) in [4.78, 5) is 25.9. The molecule has 9 nitrogen and oxygen atoms in total. The lowest BCUT2D eigenvalue weighted by atomic mass is 9.80. The molecule has 34 heavy (non-hydrogen) atoms. The number of hydrogen-bond acceptors (Lipinski definition) is 7. The smallest absolute Gasteiger partial charge is 0.411 e. The number of carbonyl (C=O) groups excluding carboxylic acids is 2. The Morgan fingerprint density at radius 3 is 2.47 bits per heavy atom. The predicted octanol–water partition coefficient (Wildman–Crippen LogP) is 4.05. The van der Waals surface area contributed by atoms with Crippen LogP contribution in [0.1, 0.15) is 68.8 Å². The molecule has 1 aliphatic heterocycles. The molecular weight excluding hydrogens is 436 g/mol. The molecule has 4 rings (SSSR count). The first-order valence-electron chi connectivity index (χ1n) is 11.5. The summed E-state index contributed by atoms with van der Waals surface area (Å²) in [6.45, 7) is 5.27. The fourth-order valence-electron chi connectivity index (χ4n) is 4.26. The number of rotatable bonds is 5. The van der Waals surface area contributed by atoms with Crippen molar-refractivity contribution in [1.29, 1.82) is 5.26 Å². The zero-order chi connectivity index (χ0) is 24.5. The normalized spacial score (nSPS) is 17.9. The van der Waals surface area contributed by atoms with Crippen LogP contribution < -0.4 is 4.74 Å². The summed E-state index contributed by atoms with van der Waals surface area (Å²) < 4.78 is 17.6. The minimum absolute atomic E-state index is 0.128. The van der Waals surface area contributed by atoms with E-state index in [0.29, 0.717) is 24.4 Å². The minimum atomic E-state index is -0.964. The molecule has 1 aromatic heterocycles. The highest BCUT2D eigenvalue weighted by molar-refractivity contribution is 5.72. The lowest BCUT2D eigenvalue weighted by Gasteiger charge is -2.33. The van der Waals surface area contributed by atoms with Gasteiger partial charge in [0.2, 0.25) is 5.88 Å². The van der Waals surface area contributed by atoms with Gasteiger partial charge in [0.25, 0.3) is 0 Å². The molecule has 1 unspecified atom stereocenters. The second-order valence-corrected chi connectivity index (χ2v) is 9.62. The van der Waals surface area contributed by atoms with Crippen LogP contribution in [0.4, 0.5) is 4.79 Å². The van der Waals surface area contributed by atoms with Gasteiger partial charge in [-0.25, -0.2) is 14.3 Å². The van der Waals surface area contributed by atoms with Crippen molar-refractivity contribution in [3.05, 3.63) is 41.1 Å². The monoisotopic (exact) mass is 466 g/mol. The van der Waals surface area contributed by atoms with Gasteiger partial charge in [-0.2, -0.15) is 5.26 Å². The zero-order valence-corrected chi connectivity index (χ0v) is 20.0. The van der Waals surface area contributed by atoms with Gasteiger partial charge >= 0.3 is 12.1 Å². The third-order valence-electron chi connectivity index (χ3n) is 6.18. The Bertz CT molecular complexity index is 1110. The molecule has 1 aromatic carbocycles. The van der Waals surface area contributed by atoms with Crippen molar-refractivity contribution in [3.8, 4) is 17.6 Å². The molecule has 1 aliphatic carbocycles. The Morgan fingerprint density at radius 2 is 1.91 bits per heavy atom. The number of hydrogen-bond donors (Lipinski definition) is 0. The van der Waals surface area contributed by atoms with Crippen molar-refractivity contribution in [2.75, 3.05) is 20.3 Å². The Morgan fingerprint density at radius 1 is 1.21 bits per heavy atom. The van der Waals surface area contributed by atoms with Crippen molar-refractivity contribution < 1.29 is 23.8 Å². The van der Waals surface area contributed by atoms with E-state index in [4.69, 9.17) is 9.47 Å². The average Bonchev–Trinajstić information content (AvgIpc) is 3.13. The number of ether oxygens (including phenoxy) is 3. The maximum absolute atomic E-state index is 12.8. The first-order chi connectivity index (χ1) is 16.2. The maximum Gasteiger partial charge on any atom is 0.411 e. The Labute approximate surface area is 199 Å². The van der Waals surface area contributed by atoms with E-state index in [1.165, 1.54) is 36.8 Å². The Balaban J connectivity index is 1.71. The predicted molar refractivity (Wildman–Crippen MR) is 123 cm³/mol. The fraction of sp³-hybridized carbons (Fsp3) is 0.520.